The third-order valence-corrected chi connectivity index (χ3v) is 5.13. The van der Waals surface area contributed by atoms with Crippen molar-refractivity contribution in [1.29, 1.82) is 0 Å². The number of alkyl carbamates (subject to hydrolysis) is 1. The second kappa shape index (κ2) is 7.91. The third kappa shape index (κ3) is 4.19. The molecule has 7 heteroatoms. The number of imide groups is 1. The lowest BCUT2D eigenvalue weighted by Crippen LogP contribution is -2.67. The maximum absolute atomic E-state index is 13.0. The first-order valence-electron chi connectivity index (χ1n) is 9.73. The summed E-state index contributed by atoms with van der Waals surface area (Å²) in [5.74, 6) is -0.573. The summed E-state index contributed by atoms with van der Waals surface area (Å²) < 4.78 is 5.64. The molecule has 0 saturated heterocycles. The lowest BCUT2D eigenvalue weighted by molar-refractivity contribution is -0.949. The van der Waals surface area contributed by atoms with E-state index in [9.17, 15) is 14.4 Å². The predicted octanol–water partition coefficient (Wildman–Crippen LogP) is 3.36. The maximum Gasteiger partial charge on any atom is 0.412 e. The number of amides is 3. The van der Waals surface area contributed by atoms with Gasteiger partial charge in [-0.05, 0) is 32.9 Å². The molecular weight excluding hydrogens is 358 g/mol. The minimum atomic E-state index is -0.605. The van der Waals surface area contributed by atoms with Crippen molar-refractivity contribution >= 4 is 17.9 Å². The fourth-order valence-electron chi connectivity index (χ4n) is 3.82. The van der Waals surface area contributed by atoms with E-state index < -0.39 is 17.9 Å². The summed E-state index contributed by atoms with van der Waals surface area (Å²) in [5, 5.41) is 2.91. The topological polar surface area (TPSA) is 75.7 Å². The zero-order valence-electron chi connectivity index (χ0n) is 17.9. The molecule has 0 saturated carbocycles. The van der Waals surface area contributed by atoms with Gasteiger partial charge in [-0.25, -0.2) is 9.69 Å². The van der Waals surface area contributed by atoms with Crippen molar-refractivity contribution in [2.24, 2.45) is 0 Å². The first-order chi connectivity index (χ1) is 12.9. The number of nitrogens with one attached hydrogen (secondary N) is 1. The molecule has 0 fully saturated rings. The molecule has 0 aliphatic carbocycles. The lowest BCUT2D eigenvalue weighted by atomic mass is 10.1. The van der Waals surface area contributed by atoms with Crippen LogP contribution in [-0.4, -0.2) is 59.3 Å². The van der Waals surface area contributed by atoms with E-state index >= 15 is 0 Å². The van der Waals surface area contributed by atoms with Crippen LogP contribution in [0.5, 0.6) is 0 Å². The molecule has 1 aromatic rings. The minimum Gasteiger partial charge on any atom is -0.444 e. The Labute approximate surface area is 167 Å². The Kier molecular flexibility index (Phi) is 6.18. The highest BCUT2D eigenvalue weighted by molar-refractivity contribution is 6.21. The fourth-order valence-corrected chi connectivity index (χ4v) is 3.82. The summed E-state index contributed by atoms with van der Waals surface area (Å²) in [6, 6.07) is 6.87. The summed E-state index contributed by atoms with van der Waals surface area (Å²) in [5.41, 5.74) is 0.254. The van der Waals surface area contributed by atoms with Gasteiger partial charge in [0.15, 0.2) is 12.3 Å². The molecule has 3 amide bonds. The number of hydrogen-bond acceptors (Lipinski definition) is 4. The van der Waals surface area contributed by atoms with Gasteiger partial charge in [0.05, 0.1) is 25.2 Å². The van der Waals surface area contributed by atoms with Crippen LogP contribution in [0.1, 0.15) is 68.2 Å². The molecule has 0 radical (unpaired) electrons. The van der Waals surface area contributed by atoms with Crippen LogP contribution in [0.2, 0.25) is 0 Å². The standard InChI is InChI=1S/C21H31N3O4/c1-8-16(22-20(27)28-21(3,4)5)24(6,7)17(9-2)23-18(25)14-12-10-11-13-15(14)19(23)26/h10-13,16-17H,8-9H2,1-7H3/p+1. The van der Waals surface area contributed by atoms with Crippen molar-refractivity contribution in [3.63, 3.8) is 0 Å². The van der Waals surface area contributed by atoms with Crippen LogP contribution >= 0.6 is 0 Å². The number of ether oxygens (including phenoxy) is 1. The summed E-state index contributed by atoms with van der Waals surface area (Å²) in [7, 11) is 3.84. The molecule has 0 spiro atoms. The van der Waals surface area contributed by atoms with Crippen LogP contribution in [0, 0.1) is 0 Å². The molecule has 1 aromatic carbocycles. The third-order valence-electron chi connectivity index (χ3n) is 5.13. The zero-order chi connectivity index (χ0) is 21.3. The van der Waals surface area contributed by atoms with E-state index in [0.29, 0.717) is 24.0 Å². The molecule has 1 aliphatic rings. The minimum absolute atomic E-state index is 0.248. The highest BCUT2D eigenvalue weighted by Gasteiger charge is 2.48. The second-order valence-corrected chi connectivity index (χ2v) is 8.61. The number of quaternary nitrogens is 1. The van der Waals surface area contributed by atoms with Crippen LogP contribution in [0.15, 0.2) is 24.3 Å². The number of nitrogens with zero attached hydrogens (tertiary/aromatic N) is 2. The van der Waals surface area contributed by atoms with Gasteiger partial charge in [0.2, 0.25) is 0 Å². The van der Waals surface area contributed by atoms with Gasteiger partial charge in [0, 0.05) is 12.8 Å². The van der Waals surface area contributed by atoms with E-state index in [2.05, 4.69) is 5.32 Å². The van der Waals surface area contributed by atoms with E-state index in [-0.39, 0.29) is 22.5 Å². The number of rotatable bonds is 6. The van der Waals surface area contributed by atoms with Crippen molar-refractivity contribution in [2.45, 2.75) is 65.4 Å². The predicted molar refractivity (Wildman–Crippen MR) is 107 cm³/mol. The molecule has 2 unspecified atom stereocenters. The van der Waals surface area contributed by atoms with Crippen LogP contribution in [0.25, 0.3) is 0 Å². The van der Waals surface area contributed by atoms with E-state index in [1.54, 1.807) is 45.0 Å². The molecule has 154 valence electrons. The average molecular weight is 391 g/mol. The Hall–Kier alpha value is -2.41. The van der Waals surface area contributed by atoms with E-state index in [0.717, 1.165) is 0 Å². The Morgan fingerprint density at radius 3 is 1.96 bits per heavy atom. The quantitative estimate of drug-likeness (QED) is 0.459. The van der Waals surface area contributed by atoms with E-state index in [4.69, 9.17) is 4.74 Å². The SMILES string of the molecule is CCC(NC(=O)OC(C)(C)C)[N+](C)(C)C(CC)N1C(=O)c2ccccc2C1=O. The number of fused-ring (bicyclic) bond motifs is 1. The highest BCUT2D eigenvalue weighted by Crippen LogP contribution is 2.30. The van der Waals surface area contributed by atoms with Crippen molar-refractivity contribution < 1.29 is 23.6 Å². The van der Waals surface area contributed by atoms with Crippen molar-refractivity contribution in [1.82, 2.24) is 10.2 Å². The molecule has 1 N–H and O–H groups in total. The summed E-state index contributed by atoms with van der Waals surface area (Å²) >= 11 is 0. The largest absolute Gasteiger partial charge is 0.444 e. The van der Waals surface area contributed by atoms with Gasteiger partial charge < -0.3 is 4.74 Å². The second-order valence-electron chi connectivity index (χ2n) is 8.61. The fraction of sp³-hybridized carbons (Fsp3) is 0.571. The van der Waals surface area contributed by atoms with Gasteiger partial charge in [0.1, 0.15) is 5.60 Å². The van der Waals surface area contributed by atoms with Crippen LogP contribution in [0.3, 0.4) is 0 Å². The first kappa shape index (κ1) is 21.9. The average Bonchev–Trinajstić information content (AvgIpc) is 2.84. The Balaban J connectivity index is 2.29. The molecule has 2 atom stereocenters. The number of benzene rings is 1. The van der Waals surface area contributed by atoms with Crippen LogP contribution < -0.4 is 5.32 Å². The Bertz CT molecular complexity index is 732. The molecule has 1 heterocycles. The van der Waals surface area contributed by atoms with Crippen molar-refractivity contribution in [3.05, 3.63) is 35.4 Å². The zero-order valence-corrected chi connectivity index (χ0v) is 17.9. The maximum atomic E-state index is 13.0. The Morgan fingerprint density at radius 2 is 1.57 bits per heavy atom. The number of carbonyl (C=O) groups excluding carboxylic acids is 3. The molecule has 0 aromatic heterocycles. The molecular formula is C21H32N3O4+. The van der Waals surface area contributed by atoms with Crippen LogP contribution in [0.4, 0.5) is 4.79 Å². The van der Waals surface area contributed by atoms with E-state index in [1.165, 1.54) is 4.90 Å². The smallest absolute Gasteiger partial charge is 0.412 e. The summed E-state index contributed by atoms with van der Waals surface area (Å²) in [6.07, 6.45) is -0.0872. The summed E-state index contributed by atoms with van der Waals surface area (Å²) in [6.45, 7) is 9.31. The normalized spacial score (nSPS) is 16.6. The van der Waals surface area contributed by atoms with Gasteiger partial charge in [-0.3, -0.25) is 19.4 Å². The molecule has 0 bridgehead atoms. The van der Waals surface area contributed by atoms with E-state index in [1.807, 2.05) is 27.9 Å². The Morgan fingerprint density at radius 1 is 1.07 bits per heavy atom. The van der Waals surface area contributed by atoms with Crippen molar-refractivity contribution in [3.8, 4) is 0 Å². The highest BCUT2D eigenvalue weighted by atomic mass is 16.6. The van der Waals surface area contributed by atoms with Gasteiger partial charge in [0.25, 0.3) is 11.8 Å². The van der Waals surface area contributed by atoms with Gasteiger partial charge in [-0.1, -0.05) is 26.0 Å². The molecule has 2 rings (SSSR count). The van der Waals surface area contributed by atoms with Crippen molar-refractivity contribution in [2.75, 3.05) is 14.1 Å². The van der Waals surface area contributed by atoms with Crippen LogP contribution in [-0.2, 0) is 4.74 Å². The summed E-state index contributed by atoms with van der Waals surface area (Å²) in [4.78, 5) is 39.6. The van der Waals surface area contributed by atoms with Gasteiger partial charge in [-0.2, -0.15) is 0 Å². The molecule has 1 aliphatic heterocycles. The number of hydrogen-bond donors (Lipinski definition) is 1. The first-order valence-corrected chi connectivity index (χ1v) is 9.73. The van der Waals surface area contributed by atoms with Gasteiger partial charge in [-0.15, -0.1) is 0 Å². The molecule has 7 nitrogen and oxygen atoms in total. The monoisotopic (exact) mass is 390 g/mol. The number of carbonyl (C=O) groups is 3. The lowest BCUT2D eigenvalue weighted by Gasteiger charge is -2.46. The molecule has 28 heavy (non-hydrogen) atoms. The van der Waals surface area contributed by atoms with Gasteiger partial charge >= 0.3 is 6.09 Å².